The van der Waals surface area contributed by atoms with Gasteiger partial charge in [0.05, 0.1) is 11.3 Å². The van der Waals surface area contributed by atoms with Crippen molar-refractivity contribution in [2.75, 3.05) is 0 Å². The zero-order chi connectivity index (χ0) is 12.9. The van der Waals surface area contributed by atoms with Gasteiger partial charge in [-0.2, -0.15) is 36.5 Å². The van der Waals surface area contributed by atoms with Crippen LogP contribution in [0.4, 0.5) is 26.3 Å². The van der Waals surface area contributed by atoms with Crippen molar-refractivity contribution in [3.63, 3.8) is 0 Å². The van der Waals surface area contributed by atoms with E-state index in [0.29, 0.717) is 0 Å². The third-order valence-corrected chi connectivity index (χ3v) is 2.33. The second-order valence-corrected chi connectivity index (χ2v) is 3.44. The minimum Gasteiger partial charge on any atom is -0.195 e. The highest BCUT2D eigenvalue weighted by molar-refractivity contribution is 5.74. The standard InChI is InChI=1S/C9H4F6N2/c10-7(11)4-5(6-2-1-3-16-17-6)8(12,13)9(7,14)15/h1-4H. The molecule has 0 saturated carbocycles. The summed E-state index contributed by atoms with van der Waals surface area (Å²) in [5.74, 6) is -15.4. The number of aromatic nitrogens is 2. The molecule has 8 heteroatoms. The van der Waals surface area contributed by atoms with Crippen molar-refractivity contribution >= 4 is 5.57 Å². The van der Waals surface area contributed by atoms with E-state index in [1.165, 1.54) is 0 Å². The number of allylic oxidation sites excluding steroid dienone is 2. The van der Waals surface area contributed by atoms with Gasteiger partial charge in [0, 0.05) is 12.3 Å². The van der Waals surface area contributed by atoms with Gasteiger partial charge in [-0.1, -0.05) is 0 Å². The second kappa shape index (κ2) is 3.21. The molecule has 1 aromatic heterocycles. The van der Waals surface area contributed by atoms with Crippen LogP contribution in [0.5, 0.6) is 0 Å². The minimum atomic E-state index is -5.47. The molecule has 92 valence electrons. The first-order chi connectivity index (χ1) is 7.70. The number of nitrogens with zero attached hydrogens (tertiary/aromatic N) is 2. The maximum Gasteiger partial charge on any atom is 0.380 e. The van der Waals surface area contributed by atoms with E-state index < -0.39 is 35.1 Å². The average Bonchev–Trinajstić information content (AvgIpc) is 2.37. The van der Waals surface area contributed by atoms with Crippen molar-refractivity contribution < 1.29 is 26.3 Å². The molecule has 0 saturated heterocycles. The van der Waals surface area contributed by atoms with Crippen molar-refractivity contribution in [3.05, 3.63) is 30.1 Å². The minimum absolute atomic E-state index is 0.461. The number of hydrogen-bond donors (Lipinski definition) is 0. The molecular weight excluding hydrogens is 250 g/mol. The molecule has 1 aliphatic carbocycles. The first-order valence-electron chi connectivity index (χ1n) is 4.35. The molecule has 2 rings (SSSR count). The molecule has 0 atom stereocenters. The van der Waals surface area contributed by atoms with Crippen LogP contribution in [-0.2, 0) is 0 Å². The topological polar surface area (TPSA) is 25.8 Å². The van der Waals surface area contributed by atoms with Crippen molar-refractivity contribution in [2.24, 2.45) is 0 Å². The summed E-state index contributed by atoms with van der Waals surface area (Å²) in [5, 5.41) is 6.30. The van der Waals surface area contributed by atoms with E-state index in [1.807, 2.05) is 0 Å². The summed E-state index contributed by atoms with van der Waals surface area (Å²) >= 11 is 0. The monoisotopic (exact) mass is 254 g/mol. The normalized spacial score (nSPS) is 24.5. The first kappa shape index (κ1) is 11.9. The van der Waals surface area contributed by atoms with Gasteiger partial charge in [0.2, 0.25) is 0 Å². The number of alkyl halides is 6. The first-order valence-corrected chi connectivity index (χ1v) is 4.35. The number of halogens is 6. The molecule has 1 aromatic rings. The van der Waals surface area contributed by atoms with Crippen LogP contribution in [-0.4, -0.2) is 28.0 Å². The molecule has 0 amide bonds. The third-order valence-electron chi connectivity index (χ3n) is 2.33. The Bertz CT molecular complexity index is 468. The van der Waals surface area contributed by atoms with Gasteiger partial charge >= 0.3 is 17.8 Å². The zero-order valence-electron chi connectivity index (χ0n) is 7.97. The van der Waals surface area contributed by atoms with Gasteiger partial charge in [0.25, 0.3) is 0 Å². The van der Waals surface area contributed by atoms with Gasteiger partial charge in [-0.05, 0) is 12.1 Å². The Morgan fingerprint density at radius 2 is 1.65 bits per heavy atom. The zero-order valence-corrected chi connectivity index (χ0v) is 7.97. The summed E-state index contributed by atoms with van der Waals surface area (Å²) < 4.78 is 77.7. The van der Waals surface area contributed by atoms with E-state index in [4.69, 9.17) is 0 Å². The molecule has 0 spiro atoms. The van der Waals surface area contributed by atoms with Crippen LogP contribution >= 0.6 is 0 Å². The lowest BCUT2D eigenvalue weighted by Crippen LogP contribution is -2.48. The number of rotatable bonds is 1. The smallest absolute Gasteiger partial charge is 0.195 e. The molecule has 0 aliphatic heterocycles. The molecule has 0 fully saturated rings. The van der Waals surface area contributed by atoms with E-state index in [1.54, 1.807) is 0 Å². The van der Waals surface area contributed by atoms with Gasteiger partial charge in [0.1, 0.15) is 0 Å². The Balaban J connectivity index is 2.58. The number of hydrogen-bond acceptors (Lipinski definition) is 2. The molecule has 0 unspecified atom stereocenters. The molecule has 1 aliphatic rings. The summed E-state index contributed by atoms with van der Waals surface area (Å²) in [5.41, 5.74) is -2.21. The quantitative estimate of drug-likeness (QED) is 0.720. The van der Waals surface area contributed by atoms with E-state index >= 15 is 0 Å². The Labute approximate surface area is 91.0 Å². The summed E-state index contributed by atoms with van der Waals surface area (Å²) in [6.45, 7) is 0. The van der Waals surface area contributed by atoms with Gasteiger partial charge in [0.15, 0.2) is 0 Å². The SMILES string of the molecule is FC1(F)C=C(c2cccnn2)C(F)(F)C1(F)F. The van der Waals surface area contributed by atoms with Gasteiger partial charge in [-0.3, -0.25) is 0 Å². The van der Waals surface area contributed by atoms with Crippen molar-refractivity contribution in [1.82, 2.24) is 10.2 Å². The fourth-order valence-electron chi connectivity index (χ4n) is 1.42. The maximum atomic E-state index is 13.2. The van der Waals surface area contributed by atoms with Gasteiger partial charge < -0.3 is 0 Å². The Morgan fingerprint density at radius 3 is 2.06 bits per heavy atom. The highest BCUT2D eigenvalue weighted by Gasteiger charge is 2.77. The molecule has 2 nitrogen and oxygen atoms in total. The van der Waals surface area contributed by atoms with Crippen LogP contribution in [0.2, 0.25) is 0 Å². The Morgan fingerprint density at radius 1 is 1.00 bits per heavy atom. The van der Waals surface area contributed by atoms with Crippen LogP contribution in [0, 0.1) is 0 Å². The molecule has 0 aromatic carbocycles. The van der Waals surface area contributed by atoms with E-state index in [-0.39, 0.29) is 0 Å². The maximum absolute atomic E-state index is 13.2. The van der Waals surface area contributed by atoms with E-state index in [0.717, 1.165) is 18.3 Å². The lowest BCUT2D eigenvalue weighted by atomic mass is 10.1. The second-order valence-electron chi connectivity index (χ2n) is 3.44. The Kier molecular flexibility index (Phi) is 2.24. The van der Waals surface area contributed by atoms with Crippen molar-refractivity contribution in [1.29, 1.82) is 0 Å². The van der Waals surface area contributed by atoms with Crippen LogP contribution in [0.1, 0.15) is 5.69 Å². The van der Waals surface area contributed by atoms with Gasteiger partial charge in [-0.15, -0.1) is 0 Å². The molecule has 0 N–H and O–H groups in total. The van der Waals surface area contributed by atoms with E-state index in [9.17, 15) is 26.3 Å². The predicted octanol–water partition coefficient (Wildman–Crippen LogP) is 2.78. The molecule has 1 heterocycles. The largest absolute Gasteiger partial charge is 0.380 e. The van der Waals surface area contributed by atoms with Crippen molar-refractivity contribution in [2.45, 2.75) is 17.8 Å². The Hall–Kier alpha value is -1.60. The summed E-state index contributed by atoms with van der Waals surface area (Å²) in [6, 6.07) is 2.04. The molecule has 17 heavy (non-hydrogen) atoms. The van der Waals surface area contributed by atoms with E-state index in [2.05, 4.69) is 10.2 Å². The third kappa shape index (κ3) is 1.43. The van der Waals surface area contributed by atoms with Crippen molar-refractivity contribution in [3.8, 4) is 0 Å². The summed E-state index contributed by atoms with van der Waals surface area (Å²) in [6.07, 6.45) is 0.643. The molecular formula is C9H4F6N2. The lowest BCUT2D eigenvalue weighted by Gasteiger charge is -2.24. The van der Waals surface area contributed by atoms with Crippen LogP contribution in [0.15, 0.2) is 24.4 Å². The lowest BCUT2D eigenvalue weighted by molar-refractivity contribution is -0.257. The molecule has 0 radical (unpaired) electrons. The predicted molar refractivity (Wildman–Crippen MR) is 44.9 cm³/mol. The van der Waals surface area contributed by atoms with Crippen LogP contribution in [0.3, 0.4) is 0 Å². The summed E-state index contributed by atoms with van der Waals surface area (Å²) in [7, 11) is 0. The average molecular weight is 254 g/mol. The van der Waals surface area contributed by atoms with Crippen LogP contribution < -0.4 is 0 Å². The van der Waals surface area contributed by atoms with Gasteiger partial charge in [-0.25, -0.2) is 0 Å². The fraction of sp³-hybridized carbons (Fsp3) is 0.333. The summed E-state index contributed by atoms with van der Waals surface area (Å²) in [4.78, 5) is 0. The fourth-order valence-corrected chi connectivity index (χ4v) is 1.42. The highest BCUT2D eigenvalue weighted by Crippen LogP contribution is 2.57. The molecule has 0 bridgehead atoms. The van der Waals surface area contributed by atoms with Crippen LogP contribution in [0.25, 0.3) is 5.57 Å². The highest BCUT2D eigenvalue weighted by atomic mass is 19.3.